The highest BCUT2D eigenvalue weighted by molar-refractivity contribution is 9.10. The second-order valence-corrected chi connectivity index (χ2v) is 5.35. The molecule has 0 saturated carbocycles. The molecule has 0 aromatic heterocycles. The van der Waals surface area contributed by atoms with Crippen molar-refractivity contribution in [3.8, 4) is 0 Å². The minimum absolute atomic E-state index is 0.0717. The molecule has 0 saturated heterocycles. The molecule has 3 nitrogen and oxygen atoms in total. The molecule has 0 aliphatic carbocycles. The van der Waals surface area contributed by atoms with E-state index in [1.165, 1.54) is 0 Å². The van der Waals surface area contributed by atoms with Crippen LogP contribution in [0.4, 0.5) is 0 Å². The summed E-state index contributed by atoms with van der Waals surface area (Å²) in [5.74, 6) is 0.0717. The average molecular weight is 299 g/mol. The molecule has 1 rings (SSSR count). The van der Waals surface area contributed by atoms with Gasteiger partial charge in [0, 0.05) is 30.2 Å². The van der Waals surface area contributed by atoms with Crippen molar-refractivity contribution in [2.45, 2.75) is 6.92 Å². The number of aryl methyl sites for hydroxylation is 1. The van der Waals surface area contributed by atoms with Crippen LogP contribution in [-0.4, -0.2) is 49.9 Å². The lowest BCUT2D eigenvalue weighted by Gasteiger charge is -2.20. The maximum Gasteiger partial charge on any atom is 0.253 e. The molecule has 0 radical (unpaired) electrons. The maximum atomic E-state index is 12.1. The van der Waals surface area contributed by atoms with E-state index in [-0.39, 0.29) is 5.91 Å². The van der Waals surface area contributed by atoms with E-state index in [0.717, 1.165) is 28.7 Å². The van der Waals surface area contributed by atoms with Crippen molar-refractivity contribution < 1.29 is 4.79 Å². The minimum Gasteiger partial charge on any atom is -0.340 e. The summed E-state index contributed by atoms with van der Waals surface area (Å²) in [6.07, 6.45) is 0. The number of halogens is 1. The second kappa shape index (κ2) is 6.17. The van der Waals surface area contributed by atoms with Crippen LogP contribution in [0.25, 0.3) is 0 Å². The van der Waals surface area contributed by atoms with Gasteiger partial charge in [-0.1, -0.05) is 15.9 Å². The fourth-order valence-corrected chi connectivity index (χ4v) is 1.70. The Bertz CT molecular complexity index is 404. The Balaban J connectivity index is 2.71. The van der Waals surface area contributed by atoms with Crippen molar-refractivity contribution in [1.82, 2.24) is 9.80 Å². The monoisotopic (exact) mass is 298 g/mol. The third-order valence-corrected chi connectivity index (χ3v) is 3.52. The van der Waals surface area contributed by atoms with E-state index >= 15 is 0 Å². The highest BCUT2D eigenvalue weighted by Gasteiger charge is 2.12. The van der Waals surface area contributed by atoms with Gasteiger partial charge in [0.2, 0.25) is 0 Å². The van der Waals surface area contributed by atoms with E-state index in [9.17, 15) is 4.79 Å². The molecule has 0 heterocycles. The normalized spacial score (nSPS) is 10.7. The minimum atomic E-state index is 0.0717. The third-order valence-electron chi connectivity index (χ3n) is 2.63. The molecule has 94 valence electrons. The molecule has 0 unspecified atom stereocenters. The topological polar surface area (TPSA) is 23.6 Å². The zero-order valence-corrected chi connectivity index (χ0v) is 12.4. The van der Waals surface area contributed by atoms with Crippen LogP contribution in [0.5, 0.6) is 0 Å². The van der Waals surface area contributed by atoms with E-state index in [4.69, 9.17) is 0 Å². The molecular formula is C13H19BrN2O. The Hall–Kier alpha value is -0.870. The molecule has 1 aromatic rings. The fourth-order valence-electron chi connectivity index (χ4n) is 1.45. The number of carbonyl (C=O) groups excluding carboxylic acids is 1. The number of nitrogens with zero attached hydrogens (tertiary/aromatic N) is 2. The van der Waals surface area contributed by atoms with Gasteiger partial charge >= 0.3 is 0 Å². The SMILES string of the molecule is Cc1cc(C(=O)N(C)CCN(C)C)ccc1Br. The van der Waals surface area contributed by atoms with E-state index in [1.54, 1.807) is 4.90 Å². The van der Waals surface area contributed by atoms with Crippen LogP contribution in [0, 0.1) is 6.92 Å². The van der Waals surface area contributed by atoms with Gasteiger partial charge in [0.25, 0.3) is 5.91 Å². The van der Waals surface area contributed by atoms with Crippen molar-refractivity contribution in [3.05, 3.63) is 33.8 Å². The van der Waals surface area contributed by atoms with Crippen molar-refractivity contribution in [2.24, 2.45) is 0 Å². The predicted molar refractivity (Wildman–Crippen MR) is 74.4 cm³/mol. The lowest BCUT2D eigenvalue weighted by molar-refractivity contribution is 0.0786. The van der Waals surface area contributed by atoms with Gasteiger partial charge in [-0.3, -0.25) is 4.79 Å². The summed E-state index contributed by atoms with van der Waals surface area (Å²) in [6, 6.07) is 5.69. The number of carbonyl (C=O) groups is 1. The molecule has 0 fully saturated rings. The number of benzene rings is 1. The highest BCUT2D eigenvalue weighted by Crippen LogP contribution is 2.17. The molecule has 0 atom stereocenters. The zero-order chi connectivity index (χ0) is 13.0. The van der Waals surface area contributed by atoms with E-state index in [1.807, 2.05) is 46.3 Å². The summed E-state index contributed by atoms with van der Waals surface area (Å²) in [5.41, 5.74) is 1.82. The van der Waals surface area contributed by atoms with Crippen LogP contribution < -0.4 is 0 Å². The summed E-state index contributed by atoms with van der Waals surface area (Å²) >= 11 is 3.43. The second-order valence-electron chi connectivity index (χ2n) is 4.49. The van der Waals surface area contributed by atoms with E-state index in [0.29, 0.717) is 0 Å². The standard InChI is InChI=1S/C13H19BrN2O/c1-10-9-11(5-6-12(10)14)13(17)16(4)8-7-15(2)3/h5-6,9H,7-8H2,1-4H3. The van der Waals surface area contributed by atoms with Gasteiger partial charge in [-0.05, 0) is 44.8 Å². The molecule has 17 heavy (non-hydrogen) atoms. The molecule has 4 heteroatoms. The van der Waals surface area contributed by atoms with Crippen molar-refractivity contribution >= 4 is 21.8 Å². The first-order chi connectivity index (χ1) is 7.91. The molecule has 0 spiro atoms. The van der Waals surface area contributed by atoms with Crippen LogP contribution >= 0.6 is 15.9 Å². The molecule has 1 aromatic carbocycles. The van der Waals surface area contributed by atoms with Crippen molar-refractivity contribution in [2.75, 3.05) is 34.2 Å². The van der Waals surface area contributed by atoms with Gasteiger partial charge in [0.05, 0.1) is 0 Å². The lowest BCUT2D eigenvalue weighted by atomic mass is 10.1. The number of amides is 1. The average Bonchev–Trinajstić information content (AvgIpc) is 2.28. The summed E-state index contributed by atoms with van der Waals surface area (Å²) in [4.78, 5) is 15.9. The molecule has 0 aliphatic heterocycles. The van der Waals surface area contributed by atoms with Crippen LogP contribution in [0.2, 0.25) is 0 Å². The Morgan fingerprint density at radius 3 is 2.41 bits per heavy atom. The number of rotatable bonds is 4. The quantitative estimate of drug-likeness (QED) is 0.852. The van der Waals surface area contributed by atoms with Crippen molar-refractivity contribution in [3.63, 3.8) is 0 Å². The number of hydrogen-bond acceptors (Lipinski definition) is 2. The highest BCUT2D eigenvalue weighted by atomic mass is 79.9. The van der Waals surface area contributed by atoms with Crippen LogP contribution in [0.15, 0.2) is 22.7 Å². The Morgan fingerprint density at radius 1 is 1.24 bits per heavy atom. The van der Waals surface area contributed by atoms with Gasteiger partial charge < -0.3 is 9.80 Å². The van der Waals surface area contributed by atoms with Crippen LogP contribution in [-0.2, 0) is 0 Å². The van der Waals surface area contributed by atoms with E-state index in [2.05, 4.69) is 20.8 Å². The first-order valence-electron chi connectivity index (χ1n) is 5.58. The molecule has 0 aliphatic rings. The molecule has 1 amide bonds. The number of likely N-dealkylation sites (N-methyl/N-ethyl adjacent to an activating group) is 2. The van der Waals surface area contributed by atoms with Gasteiger partial charge in [0.15, 0.2) is 0 Å². The number of hydrogen-bond donors (Lipinski definition) is 0. The predicted octanol–water partition coefficient (Wildman–Crippen LogP) is 2.39. The first kappa shape index (κ1) is 14.2. The largest absolute Gasteiger partial charge is 0.340 e. The maximum absolute atomic E-state index is 12.1. The Morgan fingerprint density at radius 2 is 1.88 bits per heavy atom. The summed E-state index contributed by atoms with van der Waals surface area (Å²) in [7, 11) is 5.84. The Labute approximate surface area is 112 Å². The summed E-state index contributed by atoms with van der Waals surface area (Å²) in [6.45, 7) is 3.60. The molecule has 0 N–H and O–H groups in total. The van der Waals surface area contributed by atoms with Crippen LogP contribution in [0.1, 0.15) is 15.9 Å². The van der Waals surface area contributed by atoms with Gasteiger partial charge in [-0.25, -0.2) is 0 Å². The van der Waals surface area contributed by atoms with Crippen LogP contribution in [0.3, 0.4) is 0 Å². The first-order valence-corrected chi connectivity index (χ1v) is 6.37. The lowest BCUT2D eigenvalue weighted by Crippen LogP contribution is -2.33. The van der Waals surface area contributed by atoms with Crippen molar-refractivity contribution in [1.29, 1.82) is 0 Å². The van der Waals surface area contributed by atoms with Gasteiger partial charge in [-0.2, -0.15) is 0 Å². The third kappa shape index (κ3) is 4.13. The molecular weight excluding hydrogens is 280 g/mol. The van der Waals surface area contributed by atoms with Gasteiger partial charge in [-0.15, -0.1) is 0 Å². The Kier molecular flexibility index (Phi) is 5.15. The zero-order valence-electron chi connectivity index (χ0n) is 10.8. The molecule has 0 bridgehead atoms. The van der Waals surface area contributed by atoms with Gasteiger partial charge in [0.1, 0.15) is 0 Å². The fraction of sp³-hybridized carbons (Fsp3) is 0.462. The smallest absolute Gasteiger partial charge is 0.253 e. The summed E-state index contributed by atoms with van der Waals surface area (Å²) < 4.78 is 1.03. The summed E-state index contributed by atoms with van der Waals surface area (Å²) in [5, 5.41) is 0. The van der Waals surface area contributed by atoms with E-state index < -0.39 is 0 Å².